The van der Waals surface area contributed by atoms with Gasteiger partial charge in [-0.25, -0.2) is 4.79 Å². The molecule has 3 rings (SSSR count). The minimum absolute atomic E-state index is 0.143. The van der Waals surface area contributed by atoms with Crippen molar-refractivity contribution in [3.63, 3.8) is 0 Å². The third kappa shape index (κ3) is 8.64. The van der Waals surface area contributed by atoms with Crippen molar-refractivity contribution >= 4 is 45.3 Å². The van der Waals surface area contributed by atoms with E-state index in [-0.39, 0.29) is 17.0 Å². The second-order valence-corrected chi connectivity index (χ2v) is 8.54. The number of halogens is 1. The Hall–Kier alpha value is -3.45. The summed E-state index contributed by atoms with van der Waals surface area (Å²) in [6.45, 7) is 7.13. The molecule has 1 amide bonds. The first-order valence-corrected chi connectivity index (χ1v) is 12.4. The van der Waals surface area contributed by atoms with E-state index in [9.17, 15) is 9.59 Å². The van der Waals surface area contributed by atoms with Gasteiger partial charge in [-0.2, -0.15) is 8.42 Å². The first-order chi connectivity index (χ1) is 16.9. The van der Waals surface area contributed by atoms with Crippen molar-refractivity contribution in [2.45, 2.75) is 20.8 Å². The maximum Gasteiger partial charge on any atom is 0.394 e. The van der Waals surface area contributed by atoms with Gasteiger partial charge < -0.3 is 19.5 Å². The Morgan fingerprint density at radius 3 is 2.22 bits per heavy atom. The zero-order valence-electron chi connectivity index (χ0n) is 19.8. The standard InChI is InChI=1S/C23H24ClN3O4.H2O4S/c1-4-27(5-2)17-12-10-16(11-13-17)25-20(28)14-30-23(29)21-15(3)31-26-22(21)18-8-6-7-9-19(18)24;1-5(2,3)4/h6-13H,4-5,14H2,1-3H3,(H,25,28);(H2,1,2,3,4). The van der Waals surface area contributed by atoms with E-state index >= 15 is 0 Å². The molecule has 0 aliphatic carbocycles. The van der Waals surface area contributed by atoms with E-state index < -0.39 is 28.9 Å². The van der Waals surface area contributed by atoms with Gasteiger partial charge in [0.25, 0.3) is 5.91 Å². The molecule has 11 nitrogen and oxygen atoms in total. The number of amides is 1. The van der Waals surface area contributed by atoms with E-state index in [0.29, 0.717) is 16.3 Å². The molecule has 0 aliphatic heterocycles. The maximum atomic E-state index is 12.6. The van der Waals surface area contributed by atoms with Gasteiger partial charge in [-0.15, -0.1) is 0 Å². The second kappa shape index (κ2) is 13.0. The lowest BCUT2D eigenvalue weighted by atomic mass is 10.1. The third-order valence-corrected chi connectivity index (χ3v) is 5.14. The topological polar surface area (TPSA) is 159 Å². The average Bonchev–Trinajstić information content (AvgIpc) is 3.20. The summed E-state index contributed by atoms with van der Waals surface area (Å²) in [6.07, 6.45) is 0. The Balaban J connectivity index is 0.000000830. The smallest absolute Gasteiger partial charge is 0.394 e. The number of nitrogens with one attached hydrogen (secondary N) is 1. The Morgan fingerprint density at radius 1 is 1.08 bits per heavy atom. The average molecular weight is 540 g/mol. The van der Waals surface area contributed by atoms with Crippen LogP contribution in [-0.2, 0) is 19.9 Å². The fraction of sp³-hybridized carbons (Fsp3) is 0.261. The fourth-order valence-corrected chi connectivity index (χ4v) is 3.42. The van der Waals surface area contributed by atoms with Gasteiger partial charge in [0.05, 0.1) is 5.02 Å². The van der Waals surface area contributed by atoms with Gasteiger partial charge in [-0.3, -0.25) is 13.9 Å². The number of hydrogen-bond acceptors (Lipinski definition) is 8. The lowest BCUT2D eigenvalue weighted by molar-refractivity contribution is -0.119. The first kappa shape index (κ1) is 28.8. The number of benzene rings is 2. The van der Waals surface area contributed by atoms with E-state index in [2.05, 4.69) is 29.2 Å². The highest BCUT2D eigenvalue weighted by molar-refractivity contribution is 7.79. The maximum absolute atomic E-state index is 12.6. The van der Waals surface area contributed by atoms with Gasteiger partial charge in [-0.1, -0.05) is 35.0 Å². The van der Waals surface area contributed by atoms with Crippen LogP contribution in [0.3, 0.4) is 0 Å². The molecule has 3 N–H and O–H groups in total. The highest BCUT2D eigenvalue weighted by Gasteiger charge is 2.24. The molecule has 0 unspecified atom stereocenters. The number of carbonyl (C=O) groups is 2. The number of esters is 1. The summed E-state index contributed by atoms with van der Waals surface area (Å²) < 4.78 is 41.9. The molecule has 1 aromatic heterocycles. The van der Waals surface area contributed by atoms with Crippen molar-refractivity contribution in [1.82, 2.24) is 5.16 Å². The number of rotatable bonds is 8. The van der Waals surface area contributed by atoms with E-state index in [0.717, 1.165) is 18.8 Å². The number of carbonyl (C=O) groups excluding carboxylic acids is 2. The highest BCUT2D eigenvalue weighted by atomic mass is 35.5. The molecule has 0 aliphatic rings. The van der Waals surface area contributed by atoms with Crippen molar-refractivity contribution in [3.05, 3.63) is 64.9 Å². The lowest BCUT2D eigenvalue weighted by Crippen LogP contribution is -2.22. The van der Waals surface area contributed by atoms with E-state index in [1.54, 1.807) is 31.2 Å². The van der Waals surface area contributed by atoms with Crippen molar-refractivity contribution in [2.24, 2.45) is 0 Å². The van der Waals surface area contributed by atoms with Gasteiger partial charge in [0.1, 0.15) is 17.0 Å². The van der Waals surface area contributed by atoms with Crippen LogP contribution < -0.4 is 10.2 Å². The molecule has 0 radical (unpaired) electrons. The third-order valence-electron chi connectivity index (χ3n) is 4.81. The van der Waals surface area contributed by atoms with Gasteiger partial charge in [0, 0.05) is 30.0 Å². The number of ether oxygens (including phenoxy) is 1. The normalized spacial score (nSPS) is 10.7. The molecule has 0 fully saturated rings. The molecule has 13 heteroatoms. The summed E-state index contributed by atoms with van der Waals surface area (Å²) >= 11 is 6.21. The van der Waals surface area contributed by atoms with Crippen LogP contribution in [0.15, 0.2) is 53.1 Å². The molecular formula is C23H26ClN3O8S. The highest BCUT2D eigenvalue weighted by Crippen LogP contribution is 2.31. The van der Waals surface area contributed by atoms with Crippen LogP contribution >= 0.6 is 11.6 Å². The van der Waals surface area contributed by atoms with Gasteiger partial charge in [-0.05, 0) is 51.1 Å². The van der Waals surface area contributed by atoms with Crippen LogP contribution in [0.2, 0.25) is 5.02 Å². The van der Waals surface area contributed by atoms with E-state index in [1.165, 1.54) is 0 Å². The van der Waals surface area contributed by atoms with Crippen LogP contribution in [0.4, 0.5) is 11.4 Å². The number of anilines is 2. The molecule has 1 heterocycles. The molecule has 0 saturated heterocycles. The molecule has 0 bridgehead atoms. The predicted molar refractivity (Wildman–Crippen MR) is 135 cm³/mol. The minimum Gasteiger partial charge on any atom is -0.452 e. The zero-order valence-corrected chi connectivity index (χ0v) is 21.3. The predicted octanol–water partition coefficient (Wildman–Crippen LogP) is 4.29. The Bertz CT molecular complexity index is 1280. The Kier molecular flexibility index (Phi) is 10.4. The molecule has 0 saturated carbocycles. The van der Waals surface area contributed by atoms with Gasteiger partial charge >= 0.3 is 16.4 Å². The van der Waals surface area contributed by atoms with E-state index in [4.69, 9.17) is 38.4 Å². The number of aryl methyl sites for hydroxylation is 1. The summed E-state index contributed by atoms with van der Waals surface area (Å²) in [5.41, 5.74) is 2.66. The summed E-state index contributed by atoms with van der Waals surface area (Å²) in [7, 11) is -4.67. The van der Waals surface area contributed by atoms with Crippen molar-refractivity contribution in [1.29, 1.82) is 0 Å². The van der Waals surface area contributed by atoms with E-state index in [1.807, 2.05) is 24.3 Å². The molecule has 3 aromatic rings. The number of aromatic nitrogens is 1. The monoisotopic (exact) mass is 539 g/mol. The largest absolute Gasteiger partial charge is 0.452 e. The van der Waals surface area contributed by atoms with Gasteiger partial charge in [0.15, 0.2) is 6.61 Å². The SMILES string of the molecule is CCN(CC)c1ccc(NC(=O)COC(=O)c2c(-c3ccccc3Cl)noc2C)cc1.O=S(=O)(O)O. The Labute approximate surface area is 213 Å². The van der Waals surface area contributed by atoms with Crippen LogP contribution in [0, 0.1) is 6.92 Å². The number of nitrogens with zero attached hydrogens (tertiary/aromatic N) is 2. The molecular weight excluding hydrogens is 514 g/mol. The number of hydrogen-bond donors (Lipinski definition) is 3. The molecule has 0 spiro atoms. The van der Waals surface area contributed by atoms with Crippen LogP contribution in [0.25, 0.3) is 11.3 Å². The van der Waals surface area contributed by atoms with Crippen LogP contribution in [-0.4, -0.2) is 54.3 Å². The minimum atomic E-state index is -4.67. The lowest BCUT2D eigenvalue weighted by Gasteiger charge is -2.21. The summed E-state index contributed by atoms with van der Waals surface area (Å²) in [6, 6.07) is 14.5. The first-order valence-electron chi connectivity index (χ1n) is 10.7. The molecule has 0 atom stereocenters. The van der Waals surface area contributed by atoms with Crippen molar-refractivity contribution < 1.29 is 36.4 Å². The molecule has 36 heavy (non-hydrogen) atoms. The van der Waals surface area contributed by atoms with Crippen molar-refractivity contribution in [3.8, 4) is 11.3 Å². The quantitative estimate of drug-likeness (QED) is 0.278. The summed E-state index contributed by atoms with van der Waals surface area (Å²) in [5, 5.41) is 7.08. The molecule has 2 aromatic carbocycles. The zero-order chi connectivity index (χ0) is 26.9. The second-order valence-electron chi connectivity index (χ2n) is 7.23. The molecule has 194 valence electrons. The van der Waals surface area contributed by atoms with Crippen LogP contribution in [0.5, 0.6) is 0 Å². The van der Waals surface area contributed by atoms with Gasteiger partial charge in [0.2, 0.25) is 0 Å². The summed E-state index contributed by atoms with van der Waals surface area (Å²) in [4.78, 5) is 27.1. The van der Waals surface area contributed by atoms with Crippen molar-refractivity contribution in [2.75, 3.05) is 29.9 Å². The fourth-order valence-electron chi connectivity index (χ4n) is 3.19. The van der Waals surface area contributed by atoms with Crippen LogP contribution in [0.1, 0.15) is 30.0 Å². The summed E-state index contributed by atoms with van der Waals surface area (Å²) in [5.74, 6) is -0.870. The Morgan fingerprint density at radius 2 is 1.67 bits per heavy atom.